The van der Waals surface area contributed by atoms with Crippen molar-refractivity contribution in [2.75, 3.05) is 28.4 Å². The Morgan fingerprint density at radius 2 is 1.61 bits per heavy atom. The molecule has 1 atom stereocenters. The van der Waals surface area contributed by atoms with Gasteiger partial charge in [-0.25, -0.2) is 0 Å². The zero-order valence-electron chi connectivity index (χ0n) is 16.3. The van der Waals surface area contributed by atoms with Gasteiger partial charge in [0.05, 0.1) is 28.4 Å². The Morgan fingerprint density at radius 1 is 0.857 bits per heavy atom. The molecule has 0 radical (unpaired) electrons. The van der Waals surface area contributed by atoms with Crippen molar-refractivity contribution in [3.8, 4) is 23.0 Å². The molecule has 0 aromatic heterocycles. The topological polar surface area (TPSA) is 36.9 Å². The molecule has 4 nitrogen and oxygen atoms in total. The van der Waals surface area contributed by atoms with E-state index in [4.69, 9.17) is 18.9 Å². The minimum absolute atomic E-state index is 0.0181. The standard InChI is InChI=1S/C23H22O4S/c1-24-18-13-17(21(25-2)23(27-4)22(18)26-3)15-9-7-11-20-16(15)12-14-8-5-6-10-19(14)28-20/h5-13,15H,1-4H3. The first kappa shape index (κ1) is 18.6. The summed E-state index contributed by atoms with van der Waals surface area (Å²) >= 11 is 1.79. The third-order valence-corrected chi connectivity index (χ3v) is 6.16. The van der Waals surface area contributed by atoms with Crippen molar-refractivity contribution < 1.29 is 18.9 Å². The molecule has 4 rings (SSSR count). The molecule has 0 saturated heterocycles. The molecule has 2 aromatic rings. The number of thioether (sulfide) groups is 1. The molecule has 2 aliphatic rings. The van der Waals surface area contributed by atoms with E-state index < -0.39 is 0 Å². The third-order valence-electron chi connectivity index (χ3n) is 4.97. The first-order valence-electron chi connectivity index (χ1n) is 8.96. The molecular weight excluding hydrogens is 372 g/mol. The maximum Gasteiger partial charge on any atom is 0.207 e. The molecule has 1 aliphatic heterocycles. The van der Waals surface area contributed by atoms with E-state index in [-0.39, 0.29) is 5.92 Å². The fraction of sp³-hybridized carbons (Fsp3) is 0.217. The minimum Gasteiger partial charge on any atom is -0.493 e. The Kier molecular flexibility index (Phi) is 5.09. The molecule has 144 valence electrons. The Morgan fingerprint density at radius 3 is 2.32 bits per heavy atom. The normalized spacial score (nSPS) is 17.1. The van der Waals surface area contributed by atoms with Gasteiger partial charge in [0.2, 0.25) is 11.5 Å². The largest absolute Gasteiger partial charge is 0.493 e. The average molecular weight is 394 g/mol. The van der Waals surface area contributed by atoms with E-state index in [1.807, 2.05) is 6.07 Å². The van der Waals surface area contributed by atoms with Crippen molar-refractivity contribution in [2.24, 2.45) is 0 Å². The molecule has 28 heavy (non-hydrogen) atoms. The van der Waals surface area contributed by atoms with E-state index in [0.717, 1.165) is 5.56 Å². The van der Waals surface area contributed by atoms with Crippen LogP contribution >= 0.6 is 11.8 Å². The van der Waals surface area contributed by atoms with Crippen molar-refractivity contribution in [1.29, 1.82) is 0 Å². The number of hydrogen-bond acceptors (Lipinski definition) is 5. The summed E-state index contributed by atoms with van der Waals surface area (Å²) in [5.41, 5.74) is 3.44. The van der Waals surface area contributed by atoms with E-state index in [2.05, 4.69) is 48.6 Å². The highest BCUT2D eigenvalue weighted by molar-refractivity contribution is 8.03. The Bertz CT molecular complexity index is 1000. The van der Waals surface area contributed by atoms with Crippen molar-refractivity contribution >= 4 is 17.8 Å². The van der Waals surface area contributed by atoms with Crippen LogP contribution in [0.1, 0.15) is 17.0 Å². The summed E-state index contributed by atoms with van der Waals surface area (Å²) in [6.07, 6.45) is 8.69. The van der Waals surface area contributed by atoms with Gasteiger partial charge in [0, 0.05) is 21.3 Å². The molecule has 0 spiro atoms. The molecule has 0 fully saturated rings. The Balaban J connectivity index is 1.91. The summed E-state index contributed by atoms with van der Waals surface area (Å²) in [4.78, 5) is 2.51. The molecule has 5 heteroatoms. The van der Waals surface area contributed by atoms with Gasteiger partial charge >= 0.3 is 0 Å². The highest BCUT2D eigenvalue weighted by atomic mass is 32.2. The van der Waals surface area contributed by atoms with Gasteiger partial charge in [-0.3, -0.25) is 0 Å². The lowest BCUT2D eigenvalue weighted by Gasteiger charge is -2.29. The minimum atomic E-state index is 0.0181. The molecule has 1 aliphatic carbocycles. The number of hydrogen-bond donors (Lipinski definition) is 0. The van der Waals surface area contributed by atoms with E-state index in [1.54, 1.807) is 40.2 Å². The SMILES string of the molecule is COc1cc(C2C=CC=C3Sc4ccccc4C=C32)c(OC)c(OC)c1OC. The first-order valence-corrected chi connectivity index (χ1v) is 9.77. The van der Waals surface area contributed by atoms with E-state index in [1.165, 1.54) is 20.9 Å². The Hall–Kier alpha value is -2.79. The summed E-state index contributed by atoms with van der Waals surface area (Å²) in [5, 5.41) is 0. The van der Waals surface area contributed by atoms with Crippen LogP contribution in [0.2, 0.25) is 0 Å². The second-order valence-corrected chi connectivity index (χ2v) is 7.48. The summed E-state index contributed by atoms with van der Waals surface area (Å²) in [7, 11) is 6.48. The quantitative estimate of drug-likeness (QED) is 0.674. The lowest BCUT2D eigenvalue weighted by molar-refractivity contribution is 0.303. The van der Waals surface area contributed by atoms with Gasteiger partial charge in [-0.2, -0.15) is 0 Å². The fourth-order valence-corrected chi connectivity index (χ4v) is 4.78. The van der Waals surface area contributed by atoms with Gasteiger partial charge in [0.1, 0.15) is 0 Å². The van der Waals surface area contributed by atoms with Crippen molar-refractivity contribution in [2.45, 2.75) is 10.8 Å². The molecule has 2 aromatic carbocycles. The molecule has 1 heterocycles. The second-order valence-electron chi connectivity index (χ2n) is 6.40. The number of rotatable bonds is 5. The molecule has 1 unspecified atom stereocenters. The first-order chi connectivity index (χ1) is 13.7. The lowest BCUT2D eigenvalue weighted by Crippen LogP contribution is -2.10. The second kappa shape index (κ2) is 7.68. The predicted molar refractivity (Wildman–Crippen MR) is 113 cm³/mol. The number of ether oxygens (including phenoxy) is 4. The zero-order valence-corrected chi connectivity index (χ0v) is 17.1. The number of methoxy groups -OCH3 is 4. The van der Waals surface area contributed by atoms with Gasteiger partial charge in [-0.15, -0.1) is 0 Å². The van der Waals surface area contributed by atoms with Crippen LogP contribution in [0.25, 0.3) is 6.08 Å². The number of benzene rings is 2. The van der Waals surface area contributed by atoms with Crippen molar-refractivity contribution in [1.82, 2.24) is 0 Å². The van der Waals surface area contributed by atoms with Crippen LogP contribution in [0.15, 0.2) is 63.9 Å². The molecule has 0 N–H and O–H groups in total. The van der Waals surface area contributed by atoms with Crippen LogP contribution in [-0.2, 0) is 0 Å². The summed E-state index contributed by atoms with van der Waals surface area (Å²) in [6.45, 7) is 0. The van der Waals surface area contributed by atoms with E-state index in [0.29, 0.717) is 23.0 Å². The van der Waals surface area contributed by atoms with E-state index >= 15 is 0 Å². The molecule has 0 amide bonds. The molecule has 0 saturated carbocycles. The summed E-state index contributed by atoms with van der Waals surface area (Å²) < 4.78 is 22.5. The highest BCUT2D eigenvalue weighted by Crippen LogP contribution is 2.54. The zero-order chi connectivity index (χ0) is 19.7. The van der Waals surface area contributed by atoms with Crippen LogP contribution in [0, 0.1) is 0 Å². The maximum atomic E-state index is 5.76. The van der Waals surface area contributed by atoms with Gasteiger partial charge in [-0.1, -0.05) is 42.1 Å². The third kappa shape index (κ3) is 2.96. The molecular formula is C23H22O4S. The van der Waals surface area contributed by atoms with Crippen LogP contribution in [-0.4, -0.2) is 28.4 Å². The van der Waals surface area contributed by atoms with Crippen LogP contribution < -0.4 is 18.9 Å². The fourth-order valence-electron chi connectivity index (χ4n) is 3.70. The predicted octanol–water partition coefficient (Wildman–Crippen LogP) is 5.45. The van der Waals surface area contributed by atoms with E-state index in [9.17, 15) is 0 Å². The van der Waals surface area contributed by atoms with Gasteiger partial charge in [-0.05, 0) is 35.4 Å². The van der Waals surface area contributed by atoms with Gasteiger partial charge in [0.25, 0.3) is 0 Å². The Labute approximate surface area is 169 Å². The lowest BCUT2D eigenvalue weighted by atomic mass is 9.85. The van der Waals surface area contributed by atoms with Crippen molar-refractivity contribution in [3.63, 3.8) is 0 Å². The van der Waals surface area contributed by atoms with Crippen LogP contribution in [0.4, 0.5) is 0 Å². The van der Waals surface area contributed by atoms with Gasteiger partial charge in [0.15, 0.2) is 11.5 Å². The summed E-state index contributed by atoms with van der Waals surface area (Å²) in [5.74, 6) is 2.35. The summed E-state index contributed by atoms with van der Waals surface area (Å²) in [6, 6.07) is 10.4. The highest BCUT2D eigenvalue weighted by Gasteiger charge is 2.31. The number of fused-ring (bicyclic) bond motifs is 2. The van der Waals surface area contributed by atoms with Crippen molar-refractivity contribution in [3.05, 3.63) is 70.2 Å². The monoisotopic (exact) mass is 394 g/mol. The van der Waals surface area contributed by atoms with Crippen LogP contribution in [0.3, 0.4) is 0 Å². The number of allylic oxidation sites excluding steroid dienone is 4. The van der Waals surface area contributed by atoms with Crippen LogP contribution in [0.5, 0.6) is 23.0 Å². The smallest absolute Gasteiger partial charge is 0.207 e. The van der Waals surface area contributed by atoms with Gasteiger partial charge < -0.3 is 18.9 Å². The molecule has 0 bridgehead atoms. The maximum absolute atomic E-state index is 5.76. The average Bonchev–Trinajstić information content (AvgIpc) is 2.75.